The molecule has 0 amide bonds. The highest BCUT2D eigenvalue weighted by Crippen LogP contribution is 2.40. The molecule has 2 aromatic carbocycles. The number of hydrogen-bond donors (Lipinski definition) is 1. The predicted molar refractivity (Wildman–Crippen MR) is 85.6 cm³/mol. The summed E-state index contributed by atoms with van der Waals surface area (Å²) >= 11 is 6.28. The predicted octanol–water partition coefficient (Wildman–Crippen LogP) is 4.65. The van der Waals surface area contributed by atoms with E-state index in [2.05, 4.69) is 36.5 Å². The SMILES string of the molecule is Cc1ccc(C2CNCCC2c2ccc(F)cc2Cl)cc1. The quantitative estimate of drug-likeness (QED) is 0.851. The van der Waals surface area contributed by atoms with Crippen molar-refractivity contribution < 1.29 is 4.39 Å². The second-order valence-electron chi connectivity index (χ2n) is 5.78. The molecular formula is C18H19ClFN. The zero-order valence-corrected chi connectivity index (χ0v) is 12.8. The highest BCUT2D eigenvalue weighted by Gasteiger charge is 2.29. The highest BCUT2D eigenvalue weighted by molar-refractivity contribution is 6.31. The molecule has 110 valence electrons. The van der Waals surface area contributed by atoms with Crippen LogP contribution in [0, 0.1) is 12.7 Å². The third kappa shape index (κ3) is 3.12. The first-order valence-corrected chi connectivity index (χ1v) is 7.75. The van der Waals surface area contributed by atoms with E-state index in [0.29, 0.717) is 16.9 Å². The van der Waals surface area contributed by atoms with E-state index >= 15 is 0 Å². The Kier molecular flexibility index (Phi) is 4.27. The molecule has 1 N–H and O–H groups in total. The van der Waals surface area contributed by atoms with Crippen molar-refractivity contribution in [2.24, 2.45) is 0 Å². The van der Waals surface area contributed by atoms with E-state index in [1.165, 1.54) is 23.3 Å². The number of aryl methyl sites for hydroxylation is 1. The molecule has 2 aromatic rings. The lowest BCUT2D eigenvalue weighted by atomic mass is 9.77. The zero-order valence-electron chi connectivity index (χ0n) is 12.1. The lowest BCUT2D eigenvalue weighted by molar-refractivity contribution is 0.404. The second-order valence-corrected chi connectivity index (χ2v) is 6.19. The van der Waals surface area contributed by atoms with Gasteiger partial charge in [-0.1, -0.05) is 47.5 Å². The van der Waals surface area contributed by atoms with Crippen molar-refractivity contribution in [3.63, 3.8) is 0 Å². The summed E-state index contributed by atoms with van der Waals surface area (Å²) in [7, 11) is 0. The fraction of sp³-hybridized carbons (Fsp3) is 0.333. The Bertz CT molecular complexity index is 624. The number of benzene rings is 2. The summed E-state index contributed by atoms with van der Waals surface area (Å²) in [5.74, 6) is 0.439. The van der Waals surface area contributed by atoms with Gasteiger partial charge in [-0.2, -0.15) is 0 Å². The number of hydrogen-bond acceptors (Lipinski definition) is 1. The molecule has 0 bridgehead atoms. The summed E-state index contributed by atoms with van der Waals surface area (Å²) in [5.41, 5.74) is 3.64. The van der Waals surface area contributed by atoms with Gasteiger partial charge in [0.15, 0.2) is 0 Å². The molecule has 0 aliphatic carbocycles. The van der Waals surface area contributed by atoms with Crippen molar-refractivity contribution in [2.75, 3.05) is 13.1 Å². The number of halogens is 2. The van der Waals surface area contributed by atoms with Gasteiger partial charge in [-0.05, 0) is 49.1 Å². The highest BCUT2D eigenvalue weighted by atomic mass is 35.5. The minimum absolute atomic E-state index is 0.274. The maximum atomic E-state index is 13.3. The summed E-state index contributed by atoms with van der Waals surface area (Å²) in [5, 5.41) is 4.00. The van der Waals surface area contributed by atoms with E-state index in [1.807, 2.05) is 6.07 Å². The van der Waals surface area contributed by atoms with Gasteiger partial charge in [0.05, 0.1) is 0 Å². The Labute approximate surface area is 130 Å². The van der Waals surface area contributed by atoms with Gasteiger partial charge in [0.2, 0.25) is 0 Å². The standard InChI is InChI=1S/C18H19ClFN/c1-12-2-4-13(5-3-12)17-11-21-9-8-15(17)16-7-6-14(20)10-18(16)19/h2-7,10,15,17,21H,8-9,11H2,1H3. The first-order valence-electron chi connectivity index (χ1n) is 7.37. The average molecular weight is 304 g/mol. The van der Waals surface area contributed by atoms with E-state index in [4.69, 9.17) is 11.6 Å². The van der Waals surface area contributed by atoms with Crippen LogP contribution in [0.15, 0.2) is 42.5 Å². The normalized spacial score (nSPS) is 22.2. The van der Waals surface area contributed by atoms with E-state index in [-0.39, 0.29) is 5.82 Å². The van der Waals surface area contributed by atoms with Crippen LogP contribution in [-0.2, 0) is 0 Å². The molecular weight excluding hydrogens is 285 g/mol. The van der Waals surface area contributed by atoms with Crippen LogP contribution in [0.25, 0.3) is 0 Å². The Balaban J connectivity index is 1.96. The molecule has 0 aromatic heterocycles. The second kappa shape index (κ2) is 6.17. The molecule has 1 nitrogen and oxygen atoms in total. The summed E-state index contributed by atoms with van der Waals surface area (Å²) in [6, 6.07) is 13.4. The van der Waals surface area contributed by atoms with Crippen LogP contribution >= 0.6 is 11.6 Å². The van der Waals surface area contributed by atoms with Crippen LogP contribution in [0.4, 0.5) is 4.39 Å². The van der Waals surface area contributed by atoms with E-state index in [0.717, 1.165) is 25.1 Å². The van der Waals surface area contributed by atoms with Crippen molar-refractivity contribution >= 4 is 11.6 Å². The van der Waals surface area contributed by atoms with Gasteiger partial charge < -0.3 is 5.32 Å². The van der Waals surface area contributed by atoms with Gasteiger partial charge in [-0.25, -0.2) is 4.39 Å². The monoisotopic (exact) mass is 303 g/mol. The molecule has 2 atom stereocenters. The van der Waals surface area contributed by atoms with Gasteiger partial charge in [0, 0.05) is 17.5 Å². The molecule has 1 fully saturated rings. The van der Waals surface area contributed by atoms with E-state index in [1.54, 1.807) is 0 Å². The van der Waals surface area contributed by atoms with E-state index in [9.17, 15) is 4.39 Å². The number of rotatable bonds is 2. The minimum atomic E-state index is -0.274. The lowest BCUT2D eigenvalue weighted by Gasteiger charge is -2.33. The smallest absolute Gasteiger partial charge is 0.124 e. The molecule has 1 aliphatic rings. The average Bonchev–Trinajstić information content (AvgIpc) is 2.48. The van der Waals surface area contributed by atoms with Gasteiger partial charge >= 0.3 is 0 Å². The molecule has 3 rings (SSSR count). The van der Waals surface area contributed by atoms with Crippen molar-refractivity contribution in [3.8, 4) is 0 Å². The van der Waals surface area contributed by atoms with Gasteiger partial charge in [0.25, 0.3) is 0 Å². The van der Waals surface area contributed by atoms with Crippen molar-refractivity contribution in [3.05, 3.63) is 70.0 Å². The first-order chi connectivity index (χ1) is 10.1. The third-order valence-electron chi connectivity index (χ3n) is 4.35. The van der Waals surface area contributed by atoms with Crippen LogP contribution in [-0.4, -0.2) is 13.1 Å². The fourth-order valence-electron chi connectivity index (χ4n) is 3.20. The number of nitrogens with one attached hydrogen (secondary N) is 1. The Hall–Kier alpha value is -1.38. The van der Waals surface area contributed by atoms with E-state index < -0.39 is 0 Å². The molecule has 1 heterocycles. The lowest BCUT2D eigenvalue weighted by Crippen LogP contribution is -2.34. The summed E-state index contributed by atoms with van der Waals surface area (Å²) in [6.07, 6.45) is 1.02. The Morgan fingerprint density at radius 3 is 2.57 bits per heavy atom. The molecule has 0 radical (unpaired) electrons. The topological polar surface area (TPSA) is 12.0 Å². The Morgan fingerprint density at radius 1 is 1.10 bits per heavy atom. The van der Waals surface area contributed by atoms with Crippen LogP contribution in [0.3, 0.4) is 0 Å². The molecule has 0 saturated carbocycles. The van der Waals surface area contributed by atoms with Gasteiger partial charge in [0.1, 0.15) is 5.82 Å². The summed E-state index contributed by atoms with van der Waals surface area (Å²) in [4.78, 5) is 0. The zero-order chi connectivity index (χ0) is 14.8. The summed E-state index contributed by atoms with van der Waals surface area (Å²) < 4.78 is 13.3. The molecule has 1 aliphatic heterocycles. The van der Waals surface area contributed by atoms with Gasteiger partial charge in [-0.15, -0.1) is 0 Å². The molecule has 0 spiro atoms. The molecule has 21 heavy (non-hydrogen) atoms. The van der Waals surface area contributed by atoms with Crippen molar-refractivity contribution in [2.45, 2.75) is 25.2 Å². The largest absolute Gasteiger partial charge is 0.316 e. The molecule has 1 saturated heterocycles. The van der Waals surface area contributed by atoms with Crippen LogP contribution in [0.1, 0.15) is 34.9 Å². The van der Waals surface area contributed by atoms with Crippen LogP contribution in [0.5, 0.6) is 0 Å². The minimum Gasteiger partial charge on any atom is -0.316 e. The number of piperidine rings is 1. The maximum absolute atomic E-state index is 13.3. The first kappa shape index (κ1) is 14.6. The summed E-state index contributed by atoms with van der Waals surface area (Å²) in [6.45, 7) is 4.00. The Morgan fingerprint density at radius 2 is 1.86 bits per heavy atom. The third-order valence-corrected chi connectivity index (χ3v) is 4.68. The van der Waals surface area contributed by atoms with Crippen molar-refractivity contribution in [1.29, 1.82) is 0 Å². The fourth-order valence-corrected chi connectivity index (χ4v) is 3.50. The van der Waals surface area contributed by atoms with Crippen LogP contribution in [0.2, 0.25) is 5.02 Å². The maximum Gasteiger partial charge on any atom is 0.124 e. The van der Waals surface area contributed by atoms with Crippen molar-refractivity contribution in [1.82, 2.24) is 5.32 Å². The molecule has 3 heteroatoms. The van der Waals surface area contributed by atoms with Gasteiger partial charge in [-0.3, -0.25) is 0 Å². The molecule has 2 unspecified atom stereocenters. The van der Waals surface area contributed by atoms with Crippen LogP contribution < -0.4 is 5.32 Å².